The Labute approximate surface area is 138 Å². The van der Waals surface area contributed by atoms with E-state index in [1.54, 1.807) is 36.4 Å². The average molecular weight is 325 g/mol. The zero-order valence-corrected chi connectivity index (χ0v) is 12.7. The van der Waals surface area contributed by atoms with Crippen LogP contribution in [-0.4, -0.2) is 34.4 Å². The van der Waals surface area contributed by atoms with Gasteiger partial charge in [0, 0.05) is 5.56 Å². The molecular formula is C18H15NO5. The SMILES string of the molecule is O=C1CN(C(=O)OCc2ccccc2)C(C(=O)O)c2ccccc21. The Morgan fingerprint density at radius 3 is 2.46 bits per heavy atom. The molecule has 3 rings (SSSR count). The number of amides is 1. The number of carbonyl (C=O) groups excluding carboxylic acids is 2. The van der Waals surface area contributed by atoms with Crippen LogP contribution in [0.3, 0.4) is 0 Å². The average Bonchev–Trinajstić information content (AvgIpc) is 2.60. The molecule has 122 valence electrons. The van der Waals surface area contributed by atoms with Crippen molar-refractivity contribution in [3.63, 3.8) is 0 Å². The molecule has 0 aliphatic carbocycles. The van der Waals surface area contributed by atoms with Gasteiger partial charge in [-0.3, -0.25) is 9.69 Å². The second kappa shape index (κ2) is 6.54. The van der Waals surface area contributed by atoms with E-state index in [2.05, 4.69) is 0 Å². The summed E-state index contributed by atoms with van der Waals surface area (Å²) in [6.45, 7) is -0.306. The monoisotopic (exact) mass is 325 g/mol. The molecule has 0 bridgehead atoms. The fraction of sp³-hybridized carbons (Fsp3) is 0.167. The first-order chi connectivity index (χ1) is 11.6. The highest BCUT2D eigenvalue weighted by Crippen LogP contribution is 2.30. The molecule has 2 aromatic rings. The molecule has 6 heteroatoms. The van der Waals surface area contributed by atoms with Crippen molar-refractivity contribution in [3.05, 3.63) is 71.3 Å². The van der Waals surface area contributed by atoms with Gasteiger partial charge in [0.25, 0.3) is 0 Å². The molecule has 24 heavy (non-hydrogen) atoms. The van der Waals surface area contributed by atoms with E-state index in [0.717, 1.165) is 10.5 Å². The summed E-state index contributed by atoms with van der Waals surface area (Å²) in [4.78, 5) is 37.1. The fourth-order valence-electron chi connectivity index (χ4n) is 2.73. The minimum atomic E-state index is -1.23. The van der Waals surface area contributed by atoms with Crippen molar-refractivity contribution in [2.75, 3.05) is 6.54 Å². The van der Waals surface area contributed by atoms with E-state index in [1.165, 1.54) is 0 Å². The van der Waals surface area contributed by atoms with Gasteiger partial charge in [0.2, 0.25) is 0 Å². The second-order valence-corrected chi connectivity index (χ2v) is 5.42. The van der Waals surface area contributed by atoms with E-state index >= 15 is 0 Å². The third-order valence-corrected chi connectivity index (χ3v) is 3.85. The molecule has 1 atom stereocenters. The van der Waals surface area contributed by atoms with Crippen LogP contribution in [0.2, 0.25) is 0 Å². The maximum Gasteiger partial charge on any atom is 0.411 e. The summed E-state index contributed by atoms with van der Waals surface area (Å²) >= 11 is 0. The number of carboxylic acid groups (broad SMARTS) is 1. The third-order valence-electron chi connectivity index (χ3n) is 3.85. The summed E-state index contributed by atoms with van der Waals surface area (Å²) in [5.74, 6) is -1.51. The van der Waals surface area contributed by atoms with Crippen molar-refractivity contribution < 1.29 is 24.2 Å². The standard InChI is InChI=1S/C18H15NO5/c20-15-10-19(18(23)24-11-12-6-2-1-3-7-12)16(17(21)22)14-9-5-4-8-13(14)15/h1-9,16H,10-11H2,(H,21,22). The lowest BCUT2D eigenvalue weighted by Crippen LogP contribution is -2.46. The summed E-state index contributed by atoms with van der Waals surface area (Å²) < 4.78 is 5.18. The first kappa shape index (κ1) is 15.7. The van der Waals surface area contributed by atoms with Gasteiger partial charge in [0.05, 0.1) is 6.54 Å². The van der Waals surface area contributed by atoms with E-state index in [9.17, 15) is 19.5 Å². The first-order valence-electron chi connectivity index (χ1n) is 7.40. The van der Waals surface area contributed by atoms with Gasteiger partial charge in [-0.05, 0) is 11.1 Å². The predicted octanol–water partition coefficient (Wildman–Crippen LogP) is 2.65. The Kier molecular flexibility index (Phi) is 4.29. The Bertz CT molecular complexity index is 787. The highest BCUT2D eigenvalue weighted by Gasteiger charge is 2.40. The number of nitrogens with zero attached hydrogens (tertiary/aromatic N) is 1. The van der Waals surface area contributed by atoms with Gasteiger partial charge in [0.15, 0.2) is 11.8 Å². The van der Waals surface area contributed by atoms with Crippen LogP contribution < -0.4 is 0 Å². The van der Waals surface area contributed by atoms with Crippen molar-refractivity contribution in [3.8, 4) is 0 Å². The lowest BCUT2D eigenvalue weighted by molar-refractivity contribution is -0.143. The van der Waals surface area contributed by atoms with Crippen LogP contribution in [0, 0.1) is 0 Å². The molecule has 0 fully saturated rings. The van der Waals surface area contributed by atoms with Crippen LogP contribution in [0.25, 0.3) is 0 Å². The van der Waals surface area contributed by atoms with Gasteiger partial charge in [-0.15, -0.1) is 0 Å². The van der Waals surface area contributed by atoms with Crippen molar-refractivity contribution in [2.24, 2.45) is 0 Å². The second-order valence-electron chi connectivity index (χ2n) is 5.42. The van der Waals surface area contributed by atoms with Crippen molar-refractivity contribution >= 4 is 17.8 Å². The van der Waals surface area contributed by atoms with Crippen LogP contribution in [0.4, 0.5) is 4.79 Å². The molecule has 0 radical (unpaired) electrons. The number of benzene rings is 2. The third kappa shape index (κ3) is 2.99. The number of rotatable bonds is 3. The molecule has 0 saturated carbocycles. The zero-order chi connectivity index (χ0) is 17.1. The molecule has 1 N–H and O–H groups in total. The van der Waals surface area contributed by atoms with E-state index in [0.29, 0.717) is 11.1 Å². The normalized spacial score (nSPS) is 16.4. The fourth-order valence-corrected chi connectivity index (χ4v) is 2.73. The van der Waals surface area contributed by atoms with Crippen molar-refractivity contribution in [1.82, 2.24) is 4.90 Å². The number of fused-ring (bicyclic) bond motifs is 1. The number of carbonyl (C=O) groups is 3. The van der Waals surface area contributed by atoms with Gasteiger partial charge >= 0.3 is 12.1 Å². The molecule has 1 heterocycles. The number of aliphatic carboxylic acids is 1. The number of hydrogen-bond acceptors (Lipinski definition) is 4. The van der Waals surface area contributed by atoms with E-state index in [1.807, 2.05) is 18.2 Å². The van der Waals surface area contributed by atoms with Gasteiger partial charge in [-0.2, -0.15) is 0 Å². The van der Waals surface area contributed by atoms with Crippen LogP contribution in [0.1, 0.15) is 27.5 Å². The number of Topliss-reactive ketones (excluding diaryl/α,β-unsaturated/α-hetero) is 1. The summed E-state index contributed by atoms with van der Waals surface area (Å²) in [5, 5.41) is 9.52. The highest BCUT2D eigenvalue weighted by atomic mass is 16.6. The molecule has 0 aromatic heterocycles. The summed E-state index contributed by atoms with van der Waals surface area (Å²) in [5.41, 5.74) is 1.41. The quantitative estimate of drug-likeness (QED) is 0.938. The zero-order valence-electron chi connectivity index (χ0n) is 12.7. The molecule has 0 saturated heterocycles. The predicted molar refractivity (Wildman–Crippen MR) is 84.5 cm³/mol. The molecule has 1 unspecified atom stereocenters. The Morgan fingerprint density at radius 1 is 1.08 bits per heavy atom. The van der Waals surface area contributed by atoms with E-state index in [-0.39, 0.29) is 18.9 Å². The van der Waals surface area contributed by atoms with Crippen LogP contribution in [0.15, 0.2) is 54.6 Å². The summed E-state index contributed by atoms with van der Waals surface area (Å²) in [6, 6.07) is 14.2. The Morgan fingerprint density at radius 2 is 1.75 bits per heavy atom. The minimum absolute atomic E-state index is 0.0123. The van der Waals surface area contributed by atoms with Crippen LogP contribution >= 0.6 is 0 Å². The lowest BCUT2D eigenvalue weighted by Gasteiger charge is -2.32. The van der Waals surface area contributed by atoms with Crippen molar-refractivity contribution in [1.29, 1.82) is 0 Å². The van der Waals surface area contributed by atoms with Crippen LogP contribution in [-0.2, 0) is 16.1 Å². The molecule has 1 aliphatic heterocycles. The van der Waals surface area contributed by atoms with Gasteiger partial charge in [-0.1, -0.05) is 54.6 Å². The molecular weight excluding hydrogens is 310 g/mol. The summed E-state index contributed by atoms with van der Waals surface area (Å²) in [6.07, 6.45) is -0.825. The molecule has 1 amide bonds. The molecule has 2 aromatic carbocycles. The highest BCUT2D eigenvalue weighted by molar-refractivity contribution is 6.04. The van der Waals surface area contributed by atoms with Gasteiger partial charge in [0.1, 0.15) is 6.61 Å². The largest absolute Gasteiger partial charge is 0.479 e. The number of hydrogen-bond donors (Lipinski definition) is 1. The summed E-state index contributed by atoms with van der Waals surface area (Å²) in [7, 11) is 0. The number of carboxylic acids is 1. The lowest BCUT2D eigenvalue weighted by atomic mass is 9.92. The number of ketones is 1. The molecule has 0 spiro atoms. The maximum atomic E-state index is 12.3. The maximum absolute atomic E-state index is 12.3. The van der Waals surface area contributed by atoms with Crippen LogP contribution in [0.5, 0.6) is 0 Å². The van der Waals surface area contributed by atoms with E-state index in [4.69, 9.17) is 4.74 Å². The van der Waals surface area contributed by atoms with Crippen molar-refractivity contribution in [2.45, 2.75) is 12.6 Å². The minimum Gasteiger partial charge on any atom is -0.479 e. The Balaban J connectivity index is 1.83. The topological polar surface area (TPSA) is 83.9 Å². The van der Waals surface area contributed by atoms with E-state index < -0.39 is 18.1 Å². The van der Waals surface area contributed by atoms with Gasteiger partial charge in [-0.25, -0.2) is 9.59 Å². The smallest absolute Gasteiger partial charge is 0.411 e. The van der Waals surface area contributed by atoms with Gasteiger partial charge < -0.3 is 9.84 Å². The Hall–Kier alpha value is -3.15. The first-order valence-corrected chi connectivity index (χ1v) is 7.40. The molecule has 6 nitrogen and oxygen atoms in total. The molecule has 1 aliphatic rings. The number of ether oxygens (including phenoxy) is 1.